The van der Waals surface area contributed by atoms with Crippen LogP contribution in [0.2, 0.25) is 0 Å². The van der Waals surface area contributed by atoms with Gasteiger partial charge < -0.3 is 4.74 Å². The molecule has 1 atom stereocenters. The number of amides is 1. The average Bonchev–Trinajstić information content (AvgIpc) is 2.77. The minimum atomic E-state index is -0.383. The summed E-state index contributed by atoms with van der Waals surface area (Å²) < 4.78 is 20.3. The first-order valence-electron chi connectivity index (χ1n) is 10.1. The lowest BCUT2D eigenvalue weighted by Crippen LogP contribution is -2.39. The Morgan fingerprint density at radius 2 is 1.87 bits per heavy atom. The molecule has 0 bridgehead atoms. The molecule has 0 aliphatic carbocycles. The lowest BCUT2D eigenvalue weighted by Gasteiger charge is -2.38. The molecule has 1 aliphatic rings. The summed E-state index contributed by atoms with van der Waals surface area (Å²) >= 11 is 3.59. The Hall–Kier alpha value is -2.66. The van der Waals surface area contributed by atoms with Gasteiger partial charge in [-0.05, 0) is 65.8 Å². The van der Waals surface area contributed by atoms with Crippen molar-refractivity contribution in [3.63, 3.8) is 0 Å². The number of anilines is 1. The molecule has 3 nitrogen and oxygen atoms in total. The molecule has 3 aromatic carbocycles. The molecule has 1 unspecified atom stereocenters. The molecule has 0 saturated carbocycles. The summed E-state index contributed by atoms with van der Waals surface area (Å²) in [6, 6.07) is 20.0. The van der Waals surface area contributed by atoms with Gasteiger partial charge in [-0.25, -0.2) is 9.18 Å². The van der Waals surface area contributed by atoms with Crippen LogP contribution in [-0.4, -0.2) is 6.09 Å². The molecule has 0 aromatic heterocycles. The topological polar surface area (TPSA) is 29.5 Å². The molecule has 154 valence electrons. The van der Waals surface area contributed by atoms with Crippen LogP contribution in [0.5, 0.6) is 0 Å². The van der Waals surface area contributed by atoms with E-state index in [2.05, 4.69) is 35.0 Å². The van der Waals surface area contributed by atoms with Gasteiger partial charge in [0.05, 0.1) is 11.7 Å². The fourth-order valence-electron chi connectivity index (χ4n) is 4.07. The molecule has 30 heavy (non-hydrogen) atoms. The van der Waals surface area contributed by atoms with Crippen molar-refractivity contribution in [2.24, 2.45) is 0 Å². The van der Waals surface area contributed by atoms with E-state index in [1.54, 1.807) is 17.0 Å². The number of hydrogen-bond donors (Lipinski definition) is 0. The predicted octanol–water partition coefficient (Wildman–Crippen LogP) is 6.98. The zero-order chi connectivity index (χ0) is 21.1. The van der Waals surface area contributed by atoms with Gasteiger partial charge in [0.15, 0.2) is 0 Å². The molecule has 3 aromatic rings. The molecule has 0 radical (unpaired) electrons. The Bertz CT molecular complexity index is 1020. The van der Waals surface area contributed by atoms with E-state index in [0.29, 0.717) is 0 Å². The monoisotopic (exact) mass is 467 g/mol. The van der Waals surface area contributed by atoms with E-state index < -0.39 is 0 Å². The number of carbonyl (C=O) groups excluding carboxylic acids is 1. The number of benzene rings is 3. The molecule has 1 heterocycles. The van der Waals surface area contributed by atoms with Crippen LogP contribution in [0.3, 0.4) is 0 Å². The first-order valence-corrected chi connectivity index (χ1v) is 10.9. The first kappa shape index (κ1) is 20.6. The summed E-state index contributed by atoms with van der Waals surface area (Å²) in [5.74, 6) is -0.286. The molecule has 4 rings (SSSR count). The zero-order valence-corrected chi connectivity index (χ0v) is 18.4. The van der Waals surface area contributed by atoms with Gasteiger partial charge in [0.2, 0.25) is 0 Å². The summed E-state index contributed by atoms with van der Waals surface area (Å²) in [4.78, 5) is 15.1. The van der Waals surface area contributed by atoms with Crippen LogP contribution in [0, 0.1) is 5.82 Å². The number of rotatable bonds is 4. The summed E-state index contributed by atoms with van der Waals surface area (Å²) in [6.45, 7) is 2.29. The van der Waals surface area contributed by atoms with E-state index in [4.69, 9.17) is 4.74 Å². The van der Waals surface area contributed by atoms with Crippen molar-refractivity contribution in [3.05, 3.63) is 99.3 Å². The molecule has 0 N–H and O–H groups in total. The average molecular weight is 468 g/mol. The fourth-order valence-corrected chi connectivity index (χ4v) is 4.62. The Kier molecular flexibility index (Phi) is 6.18. The quantitative estimate of drug-likeness (QED) is 0.414. The van der Waals surface area contributed by atoms with Crippen molar-refractivity contribution in [1.82, 2.24) is 0 Å². The maximum absolute atomic E-state index is 13.5. The number of ether oxygens (including phenoxy) is 1. The number of halogens is 2. The van der Waals surface area contributed by atoms with Crippen LogP contribution in [0.25, 0.3) is 0 Å². The van der Waals surface area contributed by atoms with E-state index in [9.17, 15) is 9.18 Å². The van der Waals surface area contributed by atoms with E-state index in [-0.39, 0.29) is 24.6 Å². The van der Waals surface area contributed by atoms with Gasteiger partial charge in [-0.3, -0.25) is 4.90 Å². The zero-order valence-electron chi connectivity index (χ0n) is 16.8. The van der Waals surface area contributed by atoms with Crippen LogP contribution in [-0.2, 0) is 24.2 Å². The standard InChI is InChI=1S/C25H23BrFNO2/c1-2-18-14-21(26)15-20-10-13-23(19-8-11-22(27)12-9-19)28(24(18)20)25(29)30-16-17-6-4-3-5-7-17/h3-9,11-12,14-15,23H,2,10,13,16H2,1H3. The van der Waals surface area contributed by atoms with E-state index in [1.807, 2.05) is 30.3 Å². The summed E-state index contributed by atoms with van der Waals surface area (Å²) in [5, 5.41) is 0. The molecule has 0 saturated heterocycles. The second kappa shape index (κ2) is 9.00. The van der Waals surface area contributed by atoms with Crippen LogP contribution in [0.1, 0.15) is 41.6 Å². The second-order valence-corrected chi connectivity index (χ2v) is 8.36. The third-order valence-corrected chi connectivity index (χ3v) is 5.97. The molecule has 1 amide bonds. The van der Waals surface area contributed by atoms with Gasteiger partial charge in [-0.1, -0.05) is 65.3 Å². The highest BCUT2D eigenvalue weighted by molar-refractivity contribution is 9.10. The molecular weight excluding hydrogens is 445 g/mol. The van der Waals surface area contributed by atoms with Crippen LogP contribution in [0.15, 0.2) is 71.2 Å². The lowest BCUT2D eigenvalue weighted by atomic mass is 9.89. The normalized spacial score (nSPS) is 15.6. The van der Waals surface area contributed by atoms with Gasteiger partial charge >= 0.3 is 6.09 Å². The number of hydrogen-bond acceptors (Lipinski definition) is 2. The van der Waals surface area contributed by atoms with Crippen molar-refractivity contribution >= 4 is 27.7 Å². The van der Waals surface area contributed by atoms with E-state index in [0.717, 1.165) is 51.7 Å². The summed E-state index contributed by atoms with van der Waals surface area (Å²) in [6.07, 6.45) is 2.00. The molecule has 1 aliphatic heterocycles. The van der Waals surface area contributed by atoms with Gasteiger partial charge in [0.1, 0.15) is 12.4 Å². The highest BCUT2D eigenvalue weighted by Crippen LogP contribution is 2.42. The van der Waals surface area contributed by atoms with Crippen LogP contribution < -0.4 is 4.90 Å². The lowest BCUT2D eigenvalue weighted by molar-refractivity contribution is 0.143. The SMILES string of the molecule is CCc1cc(Br)cc2c1N(C(=O)OCc1ccccc1)C(c1ccc(F)cc1)CC2. The highest BCUT2D eigenvalue weighted by Gasteiger charge is 2.35. The third-order valence-electron chi connectivity index (χ3n) is 5.51. The smallest absolute Gasteiger partial charge is 0.415 e. The Labute approximate surface area is 184 Å². The highest BCUT2D eigenvalue weighted by atomic mass is 79.9. The Morgan fingerprint density at radius 1 is 1.13 bits per heavy atom. The van der Waals surface area contributed by atoms with Gasteiger partial charge in [0.25, 0.3) is 0 Å². The van der Waals surface area contributed by atoms with Crippen molar-refractivity contribution < 1.29 is 13.9 Å². The van der Waals surface area contributed by atoms with Crippen molar-refractivity contribution in [1.29, 1.82) is 0 Å². The van der Waals surface area contributed by atoms with E-state index in [1.165, 1.54) is 12.1 Å². The van der Waals surface area contributed by atoms with Gasteiger partial charge in [-0.2, -0.15) is 0 Å². The van der Waals surface area contributed by atoms with Crippen LogP contribution in [0.4, 0.5) is 14.9 Å². The molecule has 0 spiro atoms. The van der Waals surface area contributed by atoms with Gasteiger partial charge in [0, 0.05) is 4.47 Å². The molecule has 5 heteroatoms. The first-order chi connectivity index (χ1) is 14.6. The number of aryl methyl sites for hydroxylation is 2. The van der Waals surface area contributed by atoms with Crippen molar-refractivity contribution in [2.75, 3.05) is 4.90 Å². The molecular formula is C25H23BrFNO2. The molecule has 0 fully saturated rings. The largest absolute Gasteiger partial charge is 0.444 e. The summed E-state index contributed by atoms with van der Waals surface area (Å²) in [7, 11) is 0. The minimum Gasteiger partial charge on any atom is -0.444 e. The van der Waals surface area contributed by atoms with Gasteiger partial charge in [-0.15, -0.1) is 0 Å². The second-order valence-electron chi connectivity index (χ2n) is 7.44. The number of carbonyl (C=O) groups is 1. The predicted molar refractivity (Wildman–Crippen MR) is 120 cm³/mol. The Morgan fingerprint density at radius 3 is 2.57 bits per heavy atom. The van der Waals surface area contributed by atoms with E-state index >= 15 is 0 Å². The summed E-state index contributed by atoms with van der Waals surface area (Å²) in [5.41, 5.74) is 4.97. The third kappa shape index (κ3) is 4.26. The van der Waals surface area contributed by atoms with Crippen molar-refractivity contribution in [3.8, 4) is 0 Å². The number of nitrogens with zero attached hydrogens (tertiary/aromatic N) is 1. The maximum Gasteiger partial charge on any atom is 0.415 e. The number of fused-ring (bicyclic) bond motifs is 1. The Balaban J connectivity index is 1.72. The maximum atomic E-state index is 13.5. The van der Waals surface area contributed by atoms with Crippen molar-refractivity contribution in [2.45, 2.75) is 38.8 Å². The fraction of sp³-hybridized carbons (Fsp3) is 0.240. The van der Waals surface area contributed by atoms with Crippen LogP contribution >= 0.6 is 15.9 Å². The minimum absolute atomic E-state index is 0.201.